The summed E-state index contributed by atoms with van der Waals surface area (Å²) in [7, 11) is 1.56. The van der Waals surface area contributed by atoms with Crippen LogP contribution in [0.3, 0.4) is 0 Å². The van der Waals surface area contributed by atoms with Gasteiger partial charge < -0.3 is 23.8 Å². The minimum absolute atomic E-state index is 0.00753. The molecule has 2 aliphatic heterocycles. The van der Waals surface area contributed by atoms with E-state index in [1.165, 1.54) is 4.90 Å². The summed E-state index contributed by atoms with van der Waals surface area (Å²) in [6.07, 6.45) is 1.58. The predicted molar refractivity (Wildman–Crippen MR) is 130 cm³/mol. The molecule has 1 saturated heterocycles. The monoisotopic (exact) mass is 491 g/mol. The van der Waals surface area contributed by atoms with Crippen molar-refractivity contribution in [2.24, 2.45) is 0 Å². The van der Waals surface area contributed by atoms with Gasteiger partial charge in [0.15, 0.2) is 0 Å². The lowest BCUT2D eigenvalue weighted by molar-refractivity contribution is 0.0584. The molecule has 0 radical (unpaired) electrons. The Morgan fingerprint density at radius 1 is 1.00 bits per heavy atom. The van der Waals surface area contributed by atoms with E-state index in [0.717, 1.165) is 5.39 Å². The zero-order valence-electron chi connectivity index (χ0n) is 19.8. The molecule has 0 unspecified atom stereocenters. The van der Waals surface area contributed by atoms with E-state index in [1.54, 1.807) is 37.5 Å². The maximum Gasteiger partial charge on any atom is 0.324 e. The van der Waals surface area contributed by atoms with E-state index < -0.39 is 11.8 Å². The quantitative estimate of drug-likeness (QED) is 0.325. The van der Waals surface area contributed by atoms with Crippen LogP contribution in [0.5, 0.6) is 17.8 Å². The molecule has 0 N–H and O–H groups in total. The van der Waals surface area contributed by atoms with Crippen LogP contribution in [-0.4, -0.2) is 84.8 Å². The van der Waals surface area contributed by atoms with E-state index >= 15 is 0 Å². The fourth-order valence-corrected chi connectivity index (χ4v) is 4.22. The molecule has 2 aromatic carbocycles. The number of carbonyl (C=O) groups is 2. The molecule has 5 rings (SSSR count). The van der Waals surface area contributed by atoms with Gasteiger partial charge in [0.1, 0.15) is 19.0 Å². The molecular weight excluding hydrogens is 466 g/mol. The standard InChI is InChI=1S/C25H25N5O6/c1-3-12-35-24-26-23(29-9-13-34-14-10-29)27-25(28-24)36-15-11-30-21(31)17-6-4-5-16-19(33-2)8-7-18(20(16)17)22(30)32/h3-8H,1,9-15H2,2H3. The minimum atomic E-state index is -0.394. The minimum Gasteiger partial charge on any atom is -0.496 e. The number of rotatable bonds is 9. The SMILES string of the molecule is C=CCOc1nc(OCCN2C(=O)c3cccc4c(OC)ccc(c34)C2=O)nc(N2CCOCC2)n1. The van der Waals surface area contributed by atoms with Crippen LogP contribution in [0, 0.1) is 0 Å². The van der Waals surface area contributed by atoms with Crippen molar-refractivity contribution in [3.63, 3.8) is 0 Å². The van der Waals surface area contributed by atoms with Crippen molar-refractivity contribution < 1.29 is 28.5 Å². The van der Waals surface area contributed by atoms with Gasteiger partial charge in [0.25, 0.3) is 11.8 Å². The molecule has 0 aliphatic carbocycles. The lowest BCUT2D eigenvalue weighted by atomic mass is 9.93. The van der Waals surface area contributed by atoms with Gasteiger partial charge >= 0.3 is 12.0 Å². The highest BCUT2D eigenvalue weighted by molar-refractivity contribution is 6.26. The van der Waals surface area contributed by atoms with E-state index in [2.05, 4.69) is 21.5 Å². The zero-order chi connectivity index (χ0) is 25.1. The maximum absolute atomic E-state index is 13.2. The van der Waals surface area contributed by atoms with Crippen molar-refractivity contribution in [2.75, 3.05) is 58.1 Å². The summed E-state index contributed by atoms with van der Waals surface area (Å²) in [5.74, 6) is 0.222. The fraction of sp³-hybridized carbons (Fsp3) is 0.320. The number of anilines is 1. The number of ether oxygens (including phenoxy) is 4. The zero-order valence-corrected chi connectivity index (χ0v) is 19.8. The third-order valence-electron chi connectivity index (χ3n) is 5.92. The summed E-state index contributed by atoms with van der Waals surface area (Å²) < 4.78 is 22.1. The molecule has 36 heavy (non-hydrogen) atoms. The van der Waals surface area contributed by atoms with Crippen molar-refractivity contribution in [3.8, 4) is 17.8 Å². The molecular formula is C25H25N5O6. The highest BCUT2D eigenvalue weighted by Gasteiger charge is 2.33. The molecule has 0 bridgehead atoms. The second kappa shape index (κ2) is 10.2. The molecule has 0 spiro atoms. The summed E-state index contributed by atoms with van der Waals surface area (Å²) in [6.45, 7) is 6.23. The number of morpholine rings is 1. The Balaban J connectivity index is 1.34. The smallest absolute Gasteiger partial charge is 0.324 e. The first-order valence-electron chi connectivity index (χ1n) is 11.5. The van der Waals surface area contributed by atoms with Crippen molar-refractivity contribution in [2.45, 2.75) is 0 Å². The van der Waals surface area contributed by atoms with E-state index in [1.807, 2.05) is 11.0 Å². The highest BCUT2D eigenvalue weighted by atomic mass is 16.5. The number of amides is 2. The Morgan fingerprint density at radius 3 is 2.44 bits per heavy atom. The summed E-state index contributed by atoms with van der Waals surface area (Å²) in [6, 6.07) is 8.85. The molecule has 1 aromatic heterocycles. The summed E-state index contributed by atoms with van der Waals surface area (Å²) in [5.41, 5.74) is 0.881. The molecule has 2 aliphatic rings. The number of nitrogens with zero attached hydrogens (tertiary/aromatic N) is 5. The van der Waals surface area contributed by atoms with Crippen LogP contribution in [-0.2, 0) is 4.74 Å². The first kappa shape index (κ1) is 23.5. The number of carbonyl (C=O) groups excluding carboxylic acids is 2. The van der Waals surface area contributed by atoms with Crippen LogP contribution < -0.4 is 19.1 Å². The van der Waals surface area contributed by atoms with Crippen LogP contribution in [0.2, 0.25) is 0 Å². The third-order valence-corrected chi connectivity index (χ3v) is 5.92. The largest absolute Gasteiger partial charge is 0.496 e. The van der Waals surface area contributed by atoms with Crippen LogP contribution in [0.15, 0.2) is 43.0 Å². The normalized spacial score (nSPS) is 15.2. The van der Waals surface area contributed by atoms with Crippen LogP contribution in [0.25, 0.3) is 10.8 Å². The highest BCUT2D eigenvalue weighted by Crippen LogP contribution is 2.35. The summed E-state index contributed by atoms with van der Waals surface area (Å²) >= 11 is 0. The van der Waals surface area contributed by atoms with Gasteiger partial charge in [-0.1, -0.05) is 24.8 Å². The molecule has 3 aromatic rings. The molecule has 0 atom stereocenters. The van der Waals surface area contributed by atoms with Crippen LogP contribution >= 0.6 is 0 Å². The van der Waals surface area contributed by atoms with E-state index in [4.69, 9.17) is 18.9 Å². The molecule has 11 nitrogen and oxygen atoms in total. The average molecular weight is 492 g/mol. The van der Waals surface area contributed by atoms with Gasteiger partial charge in [-0.15, -0.1) is 4.98 Å². The Hall–Kier alpha value is -4.25. The van der Waals surface area contributed by atoms with Gasteiger partial charge in [-0.05, 0) is 18.2 Å². The first-order chi connectivity index (χ1) is 17.6. The summed E-state index contributed by atoms with van der Waals surface area (Å²) in [4.78, 5) is 42.5. The first-order valence-corrected chi connectivity index (χ1v) is 11.5. The number of hydrogen-bond donors (Lipinski definition) is 0. The summed E-state index contributed by atoms with van der Waals surface area (Å²) in [5, 5.41) is 1.32. The Bertz CT molecular complexity index is 1300. The fourth-order valence-electron chi connectivity index (χ4n) is 4.22. The predicted octanol–water partition coefficient (Wildman–Crippen LogP) is 2.11. The number of aromatic nitrogens is 3. The molecule has 1 fully saturated rings. The molecule has 0 saturated carbocycles. The number of methoxy groups -OCH3 is 1. The Morgan fingerprint density at radius 2 is 1.72 bits per heavy atom. The van der Waals surface area contributed by atoms with Crippen LogP contribution in [0.1, 0.15) is 20.7 Å². The van der Waals surface area contributed by atoms with Crippen molar-refractivity contribution >= 4 is 28.5 Å². The molecule has 3 heterocycles. The molecule has 2 amide bonds. The van der Waals surface area contributed by atoms with Crippen LogP contribution in [0.4, 0.5) is 5.95 Å². The molecule has 186 valence electrons. The van der Waals surface area contributed by atoms with Crippen molar-refractivity contribution in [3.05, 3.63) is 54.1 Å². The maximum atomic E-state index is 13.2. The third kappa shape index (κ3) is 4.40. The lowest BCUT2D eigenvalue weighted by Crippen LogP contribution is -2.42. The molecule has 11 heteroatoms. The second-order valence-electron chi connectivity index (χ2n) is 8.05. The van der Waals surface area contributed by atoms with Crippen molar-refractivity contribution in [1.82, 2.24) is 19.9 Å². The van der Waals surface area contributed by atoms with Gasteiger partial charge in [0, 0.05) is 35.0 Å². The second-order valence-corrected chi connectivity index (χ2v) is 8.05. The number of hydrogen-bond acceptors (Lipinski definition) is 10. The van der Waals surface area contributed by atoms with Crippen molar-refractivity contribution in [1.29, 1.82) is 0 Å². The topological polar surface area (TPSA) is 116 Å². The van der Waals surface area contributed by atoms with E-state index in [-0.39, 0.29) is 31.8 Å². The average Bonchev–Trinajstić information content (AvgIpc) is 2.92. The van der Waals surface area contributed by atoms with E-state index in [9.17, 15) is 9.59 Å². The van der Waals surface area contributed by atoms with Gasteiger partial charge in [-0.2, -0.15) is 9.97 Å². The van der Waals surface area contributed by atoms with Gasteiger partial charge in [-0.3, -0.25) is 14.5 Å². The van der Waals surface area contributed by atoms with Gasteiger partial charge in [0.2, 0.25) is 5.95 Å². The number of benzene rings is 2. The Labute approximate surface area is 207 Å². The van der Waals surface area contributed by atoms with E-state index in [0.29, 0.717) is 54.5 Å². The number of imide groups is 1. The Kier molecular flexibility index (Phi) is 6.63. The lowest BCUT2D eigenvalue weighted by Gasteiger charge is -2.28. The van der Waals surface area contributed by atoms with Gasteiger partial charge in [0.05, 0.1) is 26.9 Å². The van der Waals surface area contributed by atoms with Gasteiger partial charge in [-0.25, -0.2) is 0 Å².